The van der Waals surface area contributed by atoms with E-state index in [1.807, 2.05) is 6.07 Å². The average molecular weight is 649 g/mol. The zero-order valence-corrected chi connectivity index (χ0v) is 23.9. The standard InChI is InChI=1S/C26H22Cl2F4N4O5S/c27-14-7-18(29)21(34-10-14)25(5-6-25)23(38)36-11-16(9-19(36)22(37)35-24(12-33)3-4-24)42(39,40)20-2-1-15(8-17(20)28)41-13-26(30,31)32/h1-2,7-8,10,16,19H,3-6,9,11,13H2,(H,35,37). The van der Waals surface area contributed by atoms with Crippen molar-refractivity contribution in [1.82, 2.24) is 15.2 Å². The van der Waals surface area contributed by atoms with Gasteiger partial charge in [-0.15, -0.1) is 0 Å². The third-order valence-electron chi connectivity index (χ3n) is 7.62. The fourth-order valence-electron chi connectivity index (χ4n) is 5.07. The molecular formula is C26H22Cl2F4N4O5S. The molecule has 1 aliphatic heterocycles. The molecule has 16 heteroatoms. The lowest BCUT2D eigenvalue weighted by Crippen LogP contribution is -2.52. The van der Waals surface area contributed by atoms with E-state index in [0.29, 0.717) is 12.8 Å². The minimum Gasteiger partial charge on any atom is -0.484 e. The van der Waals surface area contributed by atoms with E-state index in [1.54, 1.807) is 0 Å². The van der Waals surface area contributed by atoms with Crippen LogP contribution in [0.15, 0.2) is 35.4 Å². The van der Waals surface area contributed by atoms with E-state index in [2.05, 4.69) is 15.0 Å². The molecule has 9 nitrogen and oxygen atoms in total. The van der Waals surface area contributed by atoms with Crippen LogP contribution in [0.4, 0.5) is 17.6 Å². The van der Waals surface area contributed by atoms with Crippen LogP contribution < -0.4 is 10.1 Å². The van der Waals surface area contributed by atoms with Gasteiger partial charge >= 0.3 is 6.18 Å². The number of rotatable bonds is 8. The summed E-state index contributed by atoms with van der Waals surface area (Å²) in [4.78, 5) is 31.9. The van der Waals surface area contributed by atoms with Crippen LogP contribution in [0.1, 0.15) is 37.8 Å². The molecule has 2 aromatic rings. The first-order chi connectivity index (χ1) is 19.6. The summed E-state index contributed by atoms with van der Waals surface area (Å²) in [5.74, 6) is -2.56. The number of carbonyl (C=O) groups excluding carboxylic acids is 2. The molecule has 2 saturated carbocycles. The summed E-state index contributed by atoms with van der Waals surface area (Å²) in [7, 11) is -4.36. The Hall–Kier alpha value is -3.15. The molecule has 42 heavy (non-hydrogen) atoms. The molecule has 1 saturated heterocycles. The number of pyridine rings is 1. The van der Waals surface area contributed by atoms with Gasteiger partial charge in [-0.25, -0.2) is 12.8 Å². The van der Waals surface area contributed by atoms with Crippen molar-refractivity contribution in [3.05, 3.63) is 52.0 Å². The van der Waals surface area contributed by atoms with Crippen molar-refractivity contribution in [3.63, 3.8) is 0 Å². The molecule has 1 aromatic carbocycles. The quantitative estimate of drug-likeness (QED) is 0.426. The molecule has 3 fully saturated rings. The molecule has 2 atom stereocenters. The molecule has 224 valence electrons. The number of nitrogens with one attached hydrogen (secondary N) is 1. The highest BCUT2D eigenvalue weighted by Crippen LogP contribution is 2.51. The fraction of sp³-hybridized carbons (Fsp3) is 0.462. The molecular weight excluding hydrogens is 627 g/mol. The monoisotopic (exact) mass is 648 g/mol. The van der Waals surface area contributed by atoms with Crippen LogP contribution in [-0.4, -0.2) is 66.3 Å². The van der Waals surface area contributed by atoms with Gasteiger partial charge in [0.15, 0.2) is 16.4 Å². The van der Waals surface area contributed by atoms with Gasteiger partial charge in [-0.3, -0.25) is 14.6 Å². The van der Waals surface area contributed by atoms with Crippen LogP contribution >= 0.6 is 23.2 Å². The van der Waals surface area contributed by atoms with E-state index in [-0.39, 0.29) is 35.7 Å². The Morgan fingerprint density at radius 3 is 2.43 bits per heavy atom. The molecule has 0 spiro atoms. The second kappa shape index (κ2) is 10.5. The summed E-state index contributed by atoms with van der Waals surface area (Å²) < 4.78 is 84.4. The van der Waals surface area contributed by atoms with E-state index >= 15 is 0 Å². The molecule has 1 aromatic heterocycles. The van der Waals surface area contributed by atoms with E-state index in [0.717, 1.165) is 29.2 Å². The molecule has 2 aliphatic carbocycles. The number of aromatic nitrogens is 1. The van der Waals surface area contributed by atoms with Crippen LogP contribution in [0.3, 0.4) is 0 Å². The average Bonchev–Trinajstić information content (AvgIpc) is 3.83. The van der Waals surface area contributed by atoms with Gasteiger partial charge in [0.05, 0.1) is 37.4 Å². The second-order valence-electron chi connectivity index (χ2n) is 10.6. The maximum Gasteiger partial charge on any atom is 0.422 e. The lowest BCUT2D eigenvalue weighted by atomic mass is 9.98. The van der Waals surface area contributed by atoms with Gasteiger partial charge in [-0.05, 0) is 50.3 Å². The molecule has 2 amide bonds. The zero-order chi connectivity index (χ0) is 30.7. The number of ether oxygens (including phenoxy) is 1. The second-order valence-corrected chi connectivity index (χ2v) is 13.7. The molecule has 0 radical (unpaired) electrons. The summed E-state index contributed by atoms with van der Waals surface area (Å²) in [6.45, 7) is -2.07. The molecule has 0 bridgehead atoms. The number of nitrogens with zero attached hydrogens (tertiary/aromatic N) is 3. The van der Waals surface area contributed by atoms with Crippen molar-refractivity contribution in [2.75, 3.05) is 13.2 Å². The van der Waals surface area contributed by atoms with Crippen molar-refractivity contribution in [2.45, 2.75) is 65.4 Å². The van der Waals surface area contributed by atoms with Gasteiger partial charge in [0.1, 0.15) is 23.1 Å². The van der Waals surface area contributed by atoms with Crippen molar-refractivity contribution >= 4 is 44.9 Å². The number of carbonyl (C=O) groups is 2. The van der Waals surface area contributed by atoms with Crippen LogP contribution in [-0.2, 0) is 24.8 Å². The number of hydrogen-bond donors (Lipinski definition) is 1. The lowest BCUT2D eigenvalue weighted by molar-refractivity contribution is -0.153. The fourth-order valence-corrected chi connectivity index (χ4v) is 7.45. The number of benzene rings is 1. The SMILES string of the molecule is N#CC1(NC(=O)C2CC(S(=O)(=O)c3ccc(OCC(F)(F)F)cc3Cl)CN2C(=O)C2(c3ncc(Cl)cc3F)CC2)CC1. The Labute approximate surface area is 247 Å². The summed E-state index contributed by atoms with van der Waals surface area (Å²) in [6, 6.07) is 4.64. The molecule has 2 unspecified atom stereocenters. The first kappa shape index (κ1) is 30.3. The summed E-state index contributed by atoms with van der Waals surface area (Å²) in [5, 5.41) is 10.3. The van der Waals surface area contributed by atoms with Crippen LogP contribution in [0.2, 0.25) is 10.0 Å². The molecule has 2 heterocycles. The Balaban J connectivity index is 1.44. The predicted molar refractivity (Wildman–Crippen MR) is 140 cm³/mol. The van der Waals surface area contributed by atoms with Gasteiger partial charge in [0, 0.05) is 18.8 Å². The number of likely N-dealkylation sites (tertiary alicyclic amines) is 1. The lowest BCUT2D eigenvalue weighted by Gasteiger charge is -2.28. The summed E-state index contributed by atoms with van der Waals surface area (Å²) in [5.41, 5.74) is -2.71. The van der Waals surface area contributed by atoms with E-state index in [1.165, 1.54) is 6.20 Å². The smallest absolute Gasteiger partial charge is 0.422 e. The Morgan fingerprint density at radius 1 is 1.19 bits per heavy atom. The van der Waals surface area contributed by atoms with E-state index < -0.39 is 79.0 Å². The van der Waals surface area contributed by atoms with Gasteiger partial charge in [-0.2, -0.15) is 18.4 Å². The third-order valence-corrected chi connectivity index (χ3v) is 10.4. The van der Waals surface area contributed by atoms with Crippen LogP contribution in [0, 0.1) is 17.1 Å². The van der Waals surface area contributed by atoms with Gasteiger partial charge in [-0.1, -0.05) is 23.2 Å². The Morgan fingerprint density at radius 2 is 1.88 bits per heavy atom. The first-order valence-electron chi connectivity index (χ1n) is 12.7. The van der Waals surface area contributed by atoms with Crippen molar-refractivity contribution in [2.24, 2.45) is 0 Å². The van der Waals surface area contributed by atoms with Crippen molar-refractivity contribution in [1.29, 1.82) is 5.26 Å². The number of sulfone groups is 1. The highest BCUT2D eigenvalue weighted by Gasteiger charge is 2.60. The molecule has 5 rings (SSSR count). The van der Waals surface area contributed by atoms with E-state index in [4.69, 9.17) is 23.2 Å². The predicted octanol–water partition coefficient (Wildman–Crippen LogP) is 4.12. The number of halogens is 6. The third kappa shape index (κ3) is 5.74. The molecule has 1 N–H and O–H groups in total. The highest BCUT2D eigenvalue weighted by molar-refractivity contribution is 7.92. The number of amides is 2. The zero-order valence-electron chi connectivity index (χ0n) is 21.6. The summed E-state index contributed by atoms with van der Waals surface area (Å²) in [6.07, 6.45) is -2.63. The van der Waals surface area contributed by atoms with Crippen LogP contribution in [0.25, 0.3) is 0 Å². The Kier molecular flexibility index (Phi) is 7.60. The Bertz CT molecular complexity index is 1610. The van der Waals surface area contributed by atoms with Gasteiger partial charge in [0.25, 0.3) is 0 Å². The van der Waals surface area contributed by atoms with Crippen molar-refractivity contribution < 1.29 is 40.3 Å². The number of hydrogen-bond acceptors (Lipinski definition) is 7. The maximum absolute atomic E-state index is 14.8. The number of nitriles is 1. The van der Waals surface area contributed by atoms with Crippen molar-refractivity contribution in [3.8, 4) is 11.8 Å². The number of alkyl halides is 3. The first-order valence-corrected chi connectivity index (χ1v) is 15.0. The van der Waals surface area contributed by atoms with Gasteiger partial charge < -0.3 is 15.0 Å². The highest BCUT2D eigenvalue weighted by atomic mass is 35.5. The van der Waals surface area contributed by atoms with Crippen LogP contribution in [0.5, 0.6) is 5.75 Å². The van der Waals surface area contributed by atoms with E-state index in [9.17, 15) is 40.8 Å². The minimum absolute atomic E-state index is 0.0158. The minimum atomic E-state index is -4.62. The maximum atomic E-state index is 14.8. The topological polar surface area (TPSA) is 129 Å². The summed E-state index contributed by atoms with van der Waals surface area (Å²) >= 11 is 12.0. The van der Waals surface area contributed by atoms with Gasteiger partial charge in [0.2, 0.25) is 11.8 Å². The normalized spacial score (nSPS) is 22.3. The molecule has 3 aliphatic rings. The largest absolute Gasteiger partial charge is 0.484 e.